The van der Waals surface area contributed by atoms with Crippen molar-refractivity contribution in [3.63, 3.8) is 0 Å². The van der Waals surface area contributed by atoms with E-state index in [0.717, 1.165) is 69.0 Å². The molecule has 3 aliphatic rings. The summed E-state index contributed by atoms with van der Waals surface area (Å²) in [6.07, 6.45) is 11.8. The number of unbranched alkanes of at least 4 members (excludes halogenated alkanes) is 4. The number of aliphatic hydroxyl groups is 4. The van der Waals surface area contributed by atoms with E-state index in [2.05, 4.69) is 85.7 Å². The van der Waals surface area contributed by atoms with Crippen molar-refractivity contribution >= 4 is 117 Å². The number of aliphatic hydroxyl groups excluding tert-OH is 4. The minimum Gasteiger partial charge on any atom is -0.491 e. The molecule has 2 bridgehead atoms. The van der Waals surface area contributed by atoms with Crippen LogP contribution in [0.3, 0.4) is 0 Å². The largest absolute Gasteiger partial charge is 0.491 e. The molecule has 8 N–H and O–H groups in total. The van der Waals surface area contributed by atoms with E-state index in [0.29, 0.717) is 38.4 Å². The molecule has 2 aromatic carbocycles. The van der Waals surface area contributed by atoms with Crippen LogP contribution in [0.15, 0.2) is 97.1 Å². The van der Waals surface area contributed by atoms with Gasteiger partial charge in [0.1, 0.15) is 36.9 Å². The van der Waals surface area contributed by atoms with Gasteiger partial charge in [-0.1, -0.05) is 168 Å². The van der Waals surface area contributed by atoms with Gasteiger partial charge in [0, 0.05) is 55.8 Å². The molecule has 1 radical (unpaired) electrons. The Morgan fingerprint density at radius 2 is 1.14 bits per heavy atom. The monoisotopic (exact) mass is 1670 g/mol. The molecule has 0 spiro atoms. The SMILES string of the molecule is CCCCB(O)O.CCCCB1O[C@H]2C[C@@H](O1)[C@H](/C=C/[C@@H](O)COc1cccc(C(F)(F)F)c1)[C@H]2C/C=C\CCCC(=O)O.IC(I)I.O=C(O)CCC/C=C\C[C@H]1C(O)CC(O)[C@@H]1/C=C/[C@@H](O)COc1cccc(C(F)(F)F)c1.[CH2-]I.[V]. The number of ether oxygens (including phenoxy) is 2. The molecular formula is C56H79B2F6I4O14V-. The molecule has 10 atom stereocenters. The van der Waals surface area contributed by atoms with Crippen LogP contribution in [0.25, 0.3) is 0 Å². The van der Waals surface area contributed by atoms with Crippen molar-refractivity contribution in [2.24, 2.45) is 23.7 Å². The molecule has 0 aromatic heterocycles. The zero-order chi connectivity index (χ0) is 61.8. The first-order chi connectivity index (χ1) is 38.7. The fraction of sp³-hybridized carbons (Fsp3) is 0.589. The summed E-state index contributed by atoms with van der Waals surface area (Å²) in [5.41, 5.74) is -1.65. The van der Waals surface area contributed by atoms with E-state index in [4.69, 9.17) is 39.0 Å². The van der Waals surface area contributed by atoms with Gasteiger partial charge in [-0.3, -0.25) is 14.5 Å². The molecule has 2 unspecified atom stereocenters. The van der Waals surface area contributed by atoms with Crippen molar-refractivity contribution in [3.05, 3.63) is 113 Å². The number of fused-ring (bicyclic) bond motifs is 2. The topological polar surface area (TPSA) is 233 Å². The number of halogens is 10. The van der Waals surface area contributed by atoms with Crippen LogP contribution in [-0.2, 0) is 49.8 Å². The van der Waals surface area contributed by atoms with Gasteiger partial charge in [-0.2, -0.15) is 26.3 Å². The zero-order valence-corrected chi connectivity index (χ0v) is 56.5. The van der Waals surface area contributed by atoms with Crippen molar-refractivity contribution in [3.8, 4) is 11.5 Å². The van der Waals surface area contributed by atoms with E-state index in [9.17, 15) is 56.4 Å². The van der Waals surface area contributed by atoms with E-state index in [-0.39, 0.29) is 99.6 Å². The Balaban J connectivity index is 0.00000133. The Morgan fingerprint density at radius 1 is 0.699 bits per heavy atom. The first kappa shape index (κ1) is 81.8. The van der Waals surface area contributed by atoms with Gasteiger partial charge in [0.05, 0.1) is 29.4 Å². The third-order valence-electron chi connectivity index (χ3n) is 13.0. The average molecular weight is 1670 g/mol. The molecule has 14 nitrogen and oxygen atoms in total. The molecule has 83 heavy (non-hydrogen) atoms. The third kappa shape index (κ3) is 36.8. The van der Waals surface area contributed by atoms with Crippen LogP contribution in [-0.4, -0.2) is 117 Å². The molecular weight excluding hydrogens is 1590 g/mol. The van der Waals surface area contributed by atoms with Crippen LogP contribution < -0.4 is 9.47 Å². The minimum absolute atomic E-state index is 0. The van der Waals surface area contributed by atoms with Crippen molar-refractivity contribution in [2.75, 3.05) is 13.2 Å². The summed E-state index contributed by atoms with van der Waals surface area (Å²) in [5.74, 6) is -2.17. The summed E-state index contributed by atoms with van der Waals surface area (Å²) < 4.78 is 101. The van der Waals surface area contributed by atoms with Gasteiger partial charge in [0.2, 0.25) is 0 Å². The van der Waals surface area contributed by atoms with E-state index >= 15 is 0 Å². The molecule has 27 heteroatoms. The van der Waals surface area contributed by atoms with Gasteiger partial charge in [-0.25, -0.2) is 0 Å². The number of allylic oxidation sites excluding steroid dienone is 4. The normalized spacial score (nSPS) is 21.9. The number of carbonyl (C=O) groups is 2. The van der Waals surface area contributed by atoms with Crippen molar-refractivity contribution in [1.82, 2.24) is 0 Å². The fourth-order valence-electron chi connectivity index (χ4n) is 8.98. The number of rotatable bonds is 28. The summed E-state index contributed by atoms with van der Waals surface area (Å²) in [7, 11) is -1.35. The predicted octanol–water partition coefficient (Wildman–Crippen LogP) is 13.5. The second-order valence-electron chi connectivity index (χ2n) is 19.4. The van der Waals surface area contributed by atoms with Crippen LogP contribution in [0.4, 0.5) is 26.3 Å². The molecule has 5 rings (SSSR count). The number of benzene rings is 2. The van der Waals surface area contributed by atoms with Crippen LogP contribution in [0, 0.1) is 28.6 Å². The molecule has 1 saturated heterocycles. The second-order valence-corrected chi connectivity index (χ2v) is 30.3. The van der Waals surface area contributed by atoms with Crippen LogP contribution in [0.5, 0.6) is 11.5 Å². The van der Waals surface area contributed by atoms with Crippen molar-refractivity contribution in [1.29, 1.82) is 0 Å². The molecule has 1 heterocycles. The first-order valence-corrected chi connectivity index (χ1v) is 32.3. The summed E-state index contributed by atoms with van der Waals surface area (Å²) in [6, 6.07) is 8.94. The fourth-order valence-corrected chi connectivity index (χ4v) is 8.98. The molecule has 1 aliphatic heterocycles. The van der Waals surface area contributed by atoms with Crippen LogP contribution in [0.2, 0.25) is 12.6 Å². The Hall–Kier alpha value is -1.17. The number of hydrogen-bond acceptors (Lipinski definition) is 12. The van der Waals surface area contributed by atoms with Gasteiger partial charge in [-0.05, 0) is 106 Å². The third-order valence-corrected chi connectivity index (χ3v) is 13.0. The standard InChI is InChI=1S/C27H36BF3O6.C23H29F3O6.C4H11BO2.CHI3.CH2I.V/c1-2-3-15-28-36-24-17-25(37-28)23(22(24)11-6-4-5-7-12-26(33)34)14-13-20(32)18-35-21-10-8-9-19(16-21)27(29,30)31;24-23(25,26)15-6-5-7-17(12-15)32-14-16(27)10-11-19-18(20(28)13-21(19)29)8-3-1-2-4-9-22(30)31;1-2-3-4-5(6)7;2-1(3)4;1-2;/h4,6,8-10,13-14,16,20,22-25,32H,2-3,5,7,11-12,15,17-18H2,1H3,(H,33,34);1,3,5-7,10-12,16,18-21,27-29H,2,4,8-9,13-14H2,(H,30,31);6-7H,2-4H2,1H3;1H;1H2;/q;;;;-1;/b6-4-,14-13+;3-1-,11-10+;;;;/t20-,22-,23-,24+,25-;16-,18-,19-,20?,21?;;;;/m11..../s1. The van der Waals surface area contributed by atoms with E-state index < -0.39 is 72.9 Å². The van der Waals surface area contributed by atoms with Gasteiger partial charge >= 0.3 is 38.5 Å². The minimum atomic E-state index is -4.49. The summed E-state index contributed by atoms with van der Waals surface area (Å²) in [4.78, 5) is 24.4. The molecule has 469 valence electrons. The van der Waals surface area contributed by atoms with Gasteiger partial charge in [0.25, 0.3) is 0 Å². The van der Waals surface area contributed by atoms with Crippen LogP contribution >= 0.6 is 90.4 Å². The molecule has 3 fully saturated rings. The molecule has 2 saturated carbocycles. The summed E-state index contributed by atoms with van der Waals surface area (Å²) >= 11 is 8.85. The smallest absolute Gasteiger partial charge is 0.457 e. The Morgan fingerprint density at radius 3 is 1.57 bits per heavy atom. The Kier molecular flexibility index (Phi) is 45.4. The van der Waals surface area contributed by atoms with E-state index in [1.165, 1.54) is 30.3 Å². The van der Waals surface area contributed by atoms with Crippen molar-refractivity contribution in [2.45, 2.75) is 165 Å². The van der Waals surface area contributed by atoms with Crippen LogP contribution in [0.1, 0.15) is 115 Å². The number of hydrogen-bond donors (Lipinski definition) is 8. The summed E-state index contributed by atoms with van der Waals surface area (Å²) in [5, 5.41) is 74.9. The van der Waals surface area contributed by atoms with Gasteiger partial charge < -0.3 is 82.1 Å². The van der Waals surface area contributed by atoms with Gasteiger partial charge in [0.15, 0.2) is 0 Å². The average Bonchev–Trinajstić information content (AvgIpc) is 3.94. The maximum Gasteiger partial charge on any atom is 0.457 e. The number of carboxylic acids is 2. The Labute approximate surface area is 552 Å². The number of aliphatic carboxylic acids is 2. The molecule has 2 aromatic rings. The zero-order valence-electron chi connectivity index (χ0n) is 46.4. The number of alkyl halides is 9. The van der Waals surface area contributed by atoms with Gasteiger partial charge in [-0.15, -0.1) is 0 Å². The second kappa shape index (κ2) is 46.0. The maximum absolute atomic E-state index is 12.9. The van der Waals surface area contributed by atoms with E-state index in [1.807, 2.05) is 53.8 Å². The maximum atomic E-state index is 12.9. The predicted molar refractivity (Wildman–Crippen MR) is 340 cm³/mol. The van der Waals surface area contributed by atoms with Crippen molar-refractivity contribution < 1.29 is 114 Å². The number of carboxylic acid groups (broad SMARTS) is 2. The first-order valence-electron chi connectivity index (χ1n) is 27.0. The Bertz CT molecular complexity index is 2190. The molecule has 0 amide bonds. The quantitative estimate of drug-likeness (QED) is 0.00753. The summed E-state index contributed by atoms with van der Waals surface area (Å²) in [6.45, 7) is 3.69. The van der Waals surface area contributed by atoms with E-state index in [1.54, 1.807) is 12.2 Å². The molecule has 2 aliphatic carbocycles.